The second-order valence-electron chi connectivity index (χ2n) is 6.08. The van der Waals surface area contributed by atoms with Crippen molar-refractivity contribution in [3.05, 3.63) is 30.0 Å². The molecule has 2 aliphatic rings. The molecule has 0 aliphatic carbocycles. The quantitative estimate of drug-likeness (QED) is 0.811. The number of piperidine rings is 1. The van der Waals surface area contributed by atoms with Gasteiger partial charge in [0.25, 0.3) is 0 Å². The van der Waals surface area contributed by atoms with Crippen molar-refractivity contribution in [2.45, 2.75) is 30.5 Å². The molecule has 2 atom stereocenters. The molecule has 20 heavy (non-hydrogen) atoms. The number of hydrogen-bond acceptors (Lipinski definition) is 4. The minimum absolute atomic E-state index is 0.245. The number of rotatable bonds is 1. The summed E-state index contributed by atoms with van der Waals surface area (Å²) in [6.07, 6.45) is 3.26. The van der Waals surface area contributed by atoms with Crippen LogP contribution in [0, 0.1) is 0 Å². The fraction of sp³-hybridized carbons (Fsp3) is 0.533. The lowest BCUT2D eigenvalue weighted by atomic mass is 9.78. The summed E-state index contributed by atoms with van der Waals surface area (Å²) in [4.78, 5) is 0. The molecule has 4 rings (SSSR count). The number of aryl methyl sites for hydroxylation is 1. The van der Waals surface area contributed by atoms with Crippen LogP contribution >= 0.6 is 0 Å². The van der Waals surface area contributed by atoms with Crippen molar-refractivity contribution in [3.8, 4) is 0 Å². The molecule has 2 aliphatic heterocycles. The first-order chi connectivity index (χ1) is 9.64. The third-order valence-corrected chi connectivity index (χ3v) is 4.56. The van der Waals surface area contributed by atoms with Gasteiger partial charge in [-0.1, -0.05) is 12.1 Å². The van der Waals surface area contributed by atoms with Gasteiger partial charge in [0.1, 0.15) is 0 Å². The monoisotopic (exact) mass is 273 g/mol. The third kappa shape index (κ3) is 1.85. The number of fused-ring (bicyclic) bond motifs is 3. The Labute approximate surface area is 117 Å². The minimum Gasteiger partial charge on any atom is -0.385 e. The largest absolute Gasteiger partial charge is 0.385 e. The van der Waals surface area contributed by atoms with Crippen molar-refractivity contribution in [1.82, 2.24) is 15.1 Å². The Morgan fingerprint density at radius 3 is 2.85 bits per heavy atom. The maximum absolute atomic E-state index is 11.1. The standard InChI is InChI=1S/C15H19N3O2/c1-18-14-4-11(3-2-10(14)7-16-18)15(19)5-12-8-20-9-13(6-15)17-12/h2-4,7,12-13,17,19H,5-6,8-9H2,1H3. The molecule has 0 spiro atoms. The van der Waals surface area contributed by atoms with E-state index >= 15 is 0 Å². The fourth-order valence-electron chi connectivity index (χ4n) is 3.59. The molecular weight excluding hydrogens is 254 g/mol. The number of morpholine rings is 1. The van der Waals surface area contributed by atoms with Gasteiger partial charge in [-0.2, -0.15) is 5.10 Å². The van der Waals surface area contributed by atoms with Gasteiger partial charge in [-0.05, 0) is 24.5 Å². The molecular formula is C15H19N3O2. The number of nitrogens with zero attached hydrogens (tertiary/aromatic N) is 2. The zero-order valence-corrected chi connectivity index (χ0v) is 11.5. The van der Waals surface area contributed by atoms with Gasteiger partial charge in [-0.25, -0.2) is 0 Å². The van der Waals surface area contributed by atoms with Gasteiger partial charge in [0.05, 0.1) is 30.5 Å². The minimum atomic E-state index is -0.761. The molecule has 1 aromatic carbocycles. The van der Waals surface area contributed by atoms with Gasteiger partial charge in [-0.3, -0.25) is 4.68 Å². The van der Waals surface area contributed by atoms with E-state index in [2.05, 4.69) is 16.5 Å². The SMILES string of the molecule is Cn1ncc2ccc(C3(O)CC4COCC(C3)N4)cc21. The van der Waals surface area contributed by atoms with E-state index in [-0.39, 0.29) is 12.1 Å². The maximum Gasteiger partial charge on any atom is 0.0928 e. The Bertz CT molecular complexity index is 640. The van der Waals surface area contributed by atoms with Crippen LogP contribution in [0.2, 0.25) is 0 Å². The summed E-state index contributed by atoms with van der Waals surface area (Å²) >= 11 is 0. The van der Waals surface area contributed by atoms with Gasteiger partial charge in [-0.15, -0.1) is 0 Å². The first-order valence-corrected chi connectivity index (χ1v) is 7.12. The van der Waals surface area contributed by atoms with E-state index in [9.17, 15) is 5.11 Å². The summed E-state index contributed by atoms with van der Waals surface area (Å²) in [5, 5.41) is 20.0. The van der Waals surface area contributed by atoms with Crippen LogP contribution in [0.1, 0.15) is 18.4 Å². The zero-order valence-electron chi connectivity index (χ0n) is 11.5. The second kappa shape index (κ2) is 4.28. The average Bonchev–Trinajstić information content (AvgIpc) is 2.79. The summed E-state index contributed by atoms with van der Waals surface area (Å²) < 4.78 is 7.41. The Hall–Kier alpha value is -1.43. The first kappa shape index (κ1) is 12.3. The van der Waals surface area contributed by atoms with Crippen LogP contribution < -0.4 is 5.32 Å². The lowest BCUT2D eigenvalue weighted by Crippen LogP contribution is -2.58. The van der Waals surface area contributed by atoms with Gasteiger partial charge in [0.2, 0.25) is 0 Å². The molecule has 2 aromatic rings. The van der Waals surface area contributed by atoms with Crippen LogP contribution in [0.3, 0.4) is 0 Å². The molecule has 5 nitrogen and oxygen atoms in total. The third-order valence-electron chi connectivity index (χ3n) is 4.56. The van der Waals surface area contributed by atoms with Crippen LogP contribution in [-0.4, -0.2) is 40.2 Å². The number of ether oxygens (including phenoxy) is 1. The number of hydrogen-bond donors (Lipinski definition) is 2. The average molecular weight is 273 g/mol. The molecule has 2 bridgehead atoms. The molecule has 3 heterocycles. The van der Waals surface area contributed by atoms with Crippen molar-refractivity contribution in [1.29, 1.82) is 0 Å². The van der Waals surface area contributed by atoms with Gasteiger partial charge in [0.15, 0.2) is 0 Å². The fourth-order valence-corrected chi connectivity index (χ4v) is 3.59. The Kier molecular flexibility index (Phi) is 2.64. The molecule has 0 saturated carbocycles. The summed E-state index contributed by atoms with van der Waals surface area (Å²) in [5.41, 5.74) is 1.30. The van der Waals surface area contributed by atoms with E-state index < -0.39 is 5.60 Å². The lowest BCUT2D eigenvalue weighted by molar-refractivity contribution is -0.0801. The van der Waals surface area contributed by atoms with Gasteiger partial charge >= 0.3 is 0 Å². The summed E-state index contributed by atoms with van der Waals surface area (Å²) in [5.74, 6) is 0. The number of aliphatic hydroxyl groups is 1. The first-order valence-electron chi connectivity index (χ1n) is 7.12. The van der Waals surface area contributed by atoms with E-state index in [0.29, 0.717) is 26.1 Å². The molecule has 2 saturated heterocycles. The van der Waals surface area contributed by atoms with E-state index in [4.69, 9.17) is 4.74 Å². The molecule has 2 fully saturated rings. The molecule has 106 valence electrons. The van der Waals surface area contributed by atoms with Crippen molar-refractivity contribution >= 4 is 10.9 Å². The Balaban J connectivity index is 1.75. The highest BCUT2D eigenvalue weighted by Gasteiger charge is 2.42. The topological polar surface area (TPSA) is 59.3 Å². The lowest BCUT2D eigenvalue weighted by Gasteiger charge is -2.45. The smallest absolute Gasteiger partial charge is 0.0928 e. The molecule has 1 aromatic heterocycles. The predicted octanol–water partition coefficient (Wildman–Crippen LogP) is 0.912. The van der Waals surface area contributed by atoms with E-state index in [0.717, 1.165) is 16.5 Å². The molecule has 5 heteroatoms. The second-order valence-corrected chi connectivity index (χ2v) is 6.08. The van der Waals surface area contributed by atoms with Crippen LogP contribution in [0.15, 0.2) is 24.4 Å². The summed E-state index contributed by atoms with van der Waals surface area (Å²) in [7, 11) is 1.93. The van der Waals surface area contributed by atoms with E-state index in [1.807, 2.05) is 30.1 Å². The van der Waals surface area contributed by atoms with E-state index in [1.165, 1.54) is 0 Å². The van der Waals surface area contributed by atoms with Crippen molar-refractivity contribution in [2.24, 2.45) is 7.05 Å². The van der Waals surface area contributed by atoms with Crippen molar-refractivity contribution in [3.63, 3.8) is 0 Å². The Morgan fingerprint density at radius 1 is 1.35 bits per heavy atom. The van der Waals surface area contributed by atoms with Gasteiger partial charge < -0.3 is 15.2 Å². The molecule has 2 unspecified atom stereocenters. The van der Waals surface area contributed by atoms with Crippen molar-refractivity contribution in [2.75, 3.05) is 13.2 Å². The van der Waals surface area contributed by atoms with E-state index in [1.54, 1.807) is 0 Å². The summed E-state index contributed by atoms with van der Waals surface area (Å²) in [6, 6.07) is 6.64. The van der Waals surface area contributed by atoms with Crippen molar-refractivity contribution < 1.29 is 9.84 Å². The predicted molar refractivity (Wildman–Crippen MR) is 75.4 cm³/mol. The number of nitrogens with one attached hydrogen (secondary N) is 1. The van der Waals surface area contributed by atoms with Crippen LogP contribution in [0.25, 0.3) is 10.9 Å². The highest BCUT2D eigenvalue weighted by atomic mass is 16.5. The molecule has 0 amide bonds. The van der Waals surface area contributed by atoms with Crippen LogP contribution in [0.4, 0.5) is 0 Å². The zero-order chi connectivity index (χ0) is 13.7. The Morgan fingerprint density at radius 2 is 2.10 bits per heavy atom. The molecule has 0 radical (unpaired) electrons. The normalized spacial score (nSPS) is 33.5. The highest BCUT2D eigenvalue weighted by Crippen LogP contribution is 2.37. The van der Waals surface area contributed by atoms with Crippen LogP contribution in [0.5, 0.6) is 0 Å². The maximum atomic E-state index is 11.1. The summed E-state index contributed by atoms with van der Waals surface area (Å²) in [6.45, 7) is 1.37. The van der Waals surface area contributed by atoms with Crippen LogP contribution in [-0.2, 0) is 17.4 Å². The molecule has 2 N–H and O–H groups in total. The number of benzene rings is 1. The number of aromatic nitrogens is 2. The van der Waals surface area contributed by atoms with Gasteiger partial charge in [0, 0.05) is 24.5 Å². The highest BCUT2D eigenvalue weighted by molar-refractivity contribution is 5.79.